The Kier molecular flexibility index (Phi) is 3.73. The van der Waals surface area contributed by atoms with Gasteiger partial charge in [0, 0.05) is 23.5 Å². The smallest absolute Gasteiger partial charge is 0.320 e. The van der Waals surface area contributed by atoms with Crippen molar-refractivity contribution >= 4 is 32.8 Å². The maximum Gasteiger partial charge on any atom is 0.320 e. The van der Waals surface area contributed by atoms with E-state index in [4.69, 9.17) is 10.8 Å². The largest absolute Gasteiger partial charge is 0.480 e. The lowest BCUT2D eigenvalue weighted by Gasteiger charge is -2.11. The molecule has 19 heavy (non-hydrogen) atoms. The van der Waals surface area contributed by atoms with Gasteiger partial charge in [0.1, 0.15) is 6.04 Å². The number of benzene rings is 1. The zero-order valence-electron chi connectivity index (χ0n) is 10.3. The van der Waals surface area contributed by atoms with Crippen LogP contribution in [0.2, 0.25) is 0 Å². The number of carboxylic acids is 1. The third-order valence-electron chi connectivity index (χ3n) is 3.02. The summed E-state index contributed by atoms with van der Waals surface area (Å²) >= 11 is 3.40. The molecule has 1 aromatic carbocycles. The van der Waals surface area contributed by atoms with Crippen LogP contribution in [0.1, 0.15) is 5.56 Å². The second-order valence-electron chi connectivity index (χ2n) is 4.36. The average molecular weight is 325 g/mol. The fraction of sp³-hybridized carbons (Fsp3) is 0.231. The number of pyridine rings is 1. The summed E-state index contributed by atoms with van der Waals surface area (Å²) in [6.07, 6.45) is 0.0183. The predicted molar refractivity (Wildman–Crippen MR) is 76.2 cm³/mol. The van der Waals surface area contributed by atoms with Crippen molar-refractivity contribution in [2.45, 2.75) is 12.5 Å². The number of nitrogens with two attached hydrogens (primary N) is 1. The molecular weight excluding hydrogens is 312 g/mol. The molecule has 0 fully saturated rings. The van der Waals surface area contributed by atoms with Gasteiger partial charge in [-0.25, -0.2) is 0 Å². The fourth-order valence-corrected chi connectivity index (χ4v) is 2.69. The Balaban J connectivity index is 2.62. The lowest BCUT2D eigenvalue weighted by Crippen LogP contribution is -2.35. The van der Waals surface area contributed by atoms with Crippen LogP contribution in [0, 0.1) is 0 Å². The number of fused-ring (bicyclic) bond motifs is 1. The Hall–Kier alpha value is -1.66. The molecule has 100 valence electrons. The molecule has 1 atom stereocenters. The van der Waals surface area contributed by atoms with Gasteiger partial charge in [-0.1, -0.05) is 12.1 Å². The SMILES string of the molecule is Cn1c(=O)c(CC(N)C(=O)O)cc2cccc(Br)c21. The number of rotatable bonds is 3. The number of nitrogens with zero attached hydrogens (tertiary/aromatic N) is 1. The summed E-state index contributed by atoms with van der Waals surface area (Å²) in [6.45, 7) is 0. The van der Waals surface area contributed by atoms with Gasteiger partial charge in [-0.05, 0) is 33.4 Å². The molecule has 0 aliphatic rings. The number of hydrogen-bond acceptors (Lipinski definition) is 3. The Bertz CT molecular complexity index is 709. The van der Waals surface area contributed by atoms with Crippen molar-refractivity contribution in [2.75, 3.05) is 0 Å². The van der Waals surface area contributed by atoms with Crippen molar-refractivity contribution in [3.63, 3.8) is 0 Å². The third kappa shape index (κ3) is 2.54. The Morgan fingerprint density at radius 3 is 2.84 bits per heavy atom. The van der Waals surface area contributed by atoms with Crippen molar-refractivity contribution < 1.29 is 9.90 Å². The Labute approximate surface area is 117 Å². The van der Waals surface area contributed by atoms with Gasteiger partial charge in [0.25, 0.3) is 5.56 Å². The zero-order valence-corrected chi connectivity index (χ0v) is 11.8. The first kappa shape index (κ1) is 13.8. The Morgan fingerprint density at radius 1 is 1.53 bits per heavy atom. The van der Waals surface area contributed by atoms with E-state index >= 15 is 0 Å². The van der Waals surface area contributed by atoms with E-state index in [1.165, 1.54) is 4.57 Å². The standard InChI is InChI=1S/C13H13BrN2O3/c1-16-11-7(3-2-4-9(11)14)5-8(12(16)17)6-10(15)13(18)19/h2-5,10H,6,15H2,1H3,(H,18,19). The molecule has 0 bridgehead atoms. The van der Waals surface area contributed by atoms with Crippen molar-refractivity contribution in [3.8, 4) is 0 Å². The summed E-state index contributed by atoms with van der Waals surface area (Å²) in [7, 11) is 1.66. The molecule has 0 amide bonds. The Morgan fingerprint density at radius 2 is 2.21 bits per heavy atom. The van der Waals surface area contributed by atoms with Crippen molar-refractivity contribution in [1.29, 1.82) is 0 Å². The van der Waals surface area contributed by atoms with Crippen LogP contribution >= 0.6 is 15.9 Å². The summed E-state index contributed by atoms with van der Waals surface area (Å²) in [6, 6.07) is 6.21. The van der Waals surface area contributed by atoms with Gasteiger partial charge in [-0.3, -0.25) is 9.59 Å². The summed E-state index contributed by atoms with van der Waals surface area (Å²) in [4.78, 5) is 23.0. The first-order valence-electron chi connectivity index (χ1n) is 5.67. The maximum absolute atomic E-state index is 12.2. The second-order valence-corrected chi connectivity index (χ2v) is 5.21. The highest BCUT2D eigenvalue weighted by atomic mass is 79.9. The van der Waals surface area contributed by atoms with E-state index in [9.17, 15) is 9.59 Å². The minimum atomic E-state index is -1.11. The molecule has 2 aromatic rings. The van der Waals surface area contributed by atoms with Crippen LogP contribution in [-0.4, -0.2) is 21.7 Å². The molecule has 1 heterocycles. The van der Waals surface area contributed by atoms with E-state index in [1.807, 2.05) is 18.2 Å². The molecule has 0 aliphatic heterocycles. The molecule has 1 unspecified atom stereocenters. The fourth-order valence-electron chi connectivity index (χ4n) is 2.04. The van der Waals surface area contributed by atoms with Crippen LogP contribution in [0.4, 0.5) is 0 Å². The number of aromatic nitrogens is 1. The lowest BCUT2D eigenvalue weighted by atomic mass is 10.1. The van der Waals surface area contributed by atoms with Crippen molar-refractivity contribution in [1.82, 2.24) is 4.57 Å². The van der Waals surface area contributed by atoms with Crippen LogP contribution in [0.5, 0.6) is 0 Å². The molecule has 0 saturated heterocycles. The van der Waals surface area contributed by atoms with Crippen LogP contribution < -0.4 is 11.3 Å². The highest BCUT2D eigenvalue weighted by Crippen LogP contribution is 2.22. The number of para-hydroxylation sites is 1. The number of carbonyl (C=O) groups is 1. The average Bonchev–Trinajstić information content (AvgIpc) is 2.35. The van der Waals surface area contributed by atoms with Gasteiger partial charge >= 0.3 is 5.97 Å². The normalized spacial score (nSPS) is 12.6. The summed E-state index contributed by atoms with van der Waals surface area (Å²) in [5, 5.41) is 9.68. The van der Waals surface area contributed by atoms with Gasteiger partial charge in [-0.2, -0.15) is 0 Å². The van der Waals surface area contributed by atoms with E-state index in [0.717, 1.165) is 15.4 Å². The monoisotopic (exact) mass is 324 g/mol. The minimum absolute atomic E-state index is 0.0183. The highest BCUT2D eigenvalue weighted by Gasteiger charge is 2.16. The molecule has 0 aliphatic carbocycles. The topological polar surface area (TPSA) is 85.3 Å². The summed E-state index contributed by atoms with van der Waals surface area (Å²) < 4.78 is 2.32. The summed E-state index contributed by atoms with van der Waals surface area (Å²) in [5.41, 5.74) is 6.44. The van der Waals surface area contributed by atoms with Gasteiger partial charge in [0.05, 0.1) is 5.52 Å². The quantitative estimate of drug-likeness (QED) is 0.889. The number of halogens is 1. The van der Waals surface area contributed by atoms with E-state index in [2.05, 4.69) is 15.9 Å². The lowest BCUT2D eigenvalue weighted by molar-refractivity contribution is -0.138. The number of carboxylic acid groups (broad SMARTS) is 1. The van der Waals surface area contributed by atoms with Crippen LogP contribution in [0.15, 0.2) is 33.5 Å². The van der Waals surface area contributed by atoms with Gasteiger partial charge in [0.15, 0.2) is 0 Å². The first-order chi connectivity index (χ1) is 8.91. The molecule has 6 heteroatoms. The minimum Gasteiger partial charge on any atom is -0.480 e. The number of aliphatic carboxylic acids is 1. The van der Waals surface area contributed by atoms with Gasteiger partial charge in [0.2, 0.25) is 0 Å². The molecule has 2 rings (SSSR count). The van der Waals surface area contributed by atoms with Crippen molar-refractivity contribution in [3.05, 3.63) is 44.7 Å². The molecule has 3 N–H and O–H groups in total. The summed E-state index contributed by atoms with van der Waals surface area (Å²) in [5.74, 6) is -1.11. The van der Waals surface area contributed by atoms with Crippen molar-refractivity contribution in [2.24, 2.45) is 12.8 Å². The molecule has 5 nitrogen and oxygen atoms in total. The van der Waals surface area contributed by atoms with E-state index in [1.54, 1.807) is 13.1 Å². The maximum atomic E-state index is 12.2. The van der Waals surface area contributed by atoms with Gasteiger partial charge < -0.3 is 15.4 Å². The second kappa shape index (κ2) is 5.14. The highest BCUT2D eigenvalue weighted by molar-refractivity contribution is 9.10. The first-order valence-corrected chi connectivity index (χ1v) is 6.46. The van der Waals surface area contributed by atoms with Crippen LogP contribution in [0.25, 0.3) is 10.9 Å². The van der Waals surface area contributed by atoms with Crippen LogP contribution in [-0.2, 0) is 18.3 Å². The predicted octanol–water partition coefficient (Wildman–Crippen LogP) is 1.26. The molecule has 0 spiro atoms. The molecule has 1 aromatic heterocycles. The van der Waals surface area contributed by atoms with Gasteiger partial charge in [-0.15, -0.1) is 0 Å². The number of aryl methyl sites for hydroxylation is 1. The van der Waals surface area contributed by atoms with E-state index in [-0.39, 0.29) is 12.0 Å². The number of hydrogen-bond donors (Lipinski definition) is 2. The molecule has 0 radical (unpaired) electrons. The molecular formula is C13H13BrN2O3. The van der Waals surface area contributed by atoms with E-state index in [0.29, 0.717) is 5.56 Å². The van der Waals surface area contributed by atoms with Crippen LogP contribution in [0.3, 0.4) is 0 Å². The molecule has 0 saturated carbocycles. The zero-order chi connectivity index (χ0) is 14.2. The third-order valence-corrected chi connectivity index (χ3v) is 3.66. The van der Waals surface area contributed by atoms with E-state index < -0.39 is 12.0 Å².